The lowest BCUT2D eigenvalue weighted by atomic mass is 10.1. The lowest BCUT2D eigenvalue weighted by molar-refractivity contribution is -0.138. The summed E-state index contributed by atoms with van der Waals surface area (Å²) >= 11 is 0. The predicted octanol–water partition coefficient (Wildman–Crippen LogP) is 2.58. The average molecular weight is 343 g/mol. The van der Waals surface area contributed by atoms with Gasteiger partial charge in [0.25, 0.3) is 11.6 Å². The van der Waals surface area contributed by atoms with Crippen molar-refractivity contribution in [2.75, 3.05) is 13.1 Å². The molecule has 1 aliphatic carbocycles. The smallest absolute Gasteiger partial charge is 0.339 e. The number of hydrogen-bond donors (Lipinski definition) is 0. The molecule has 7 nitrogen and oxygen atoms in total. The van der Waals surface area contributed by atoms with E-state index in [1.807, 2.05) is 0 Å². The minimum Gasteiger partial charge on any atom is -0.449 e. The Bertz CT molecular complexity index is 834. The van der Waals surface area contributed by atoms with Crippen LogP contribution in [0.3, 0.4) is 0 Å². The van der Waals surface area contributed by atoms with Crippen molar-refractivity contribution >= 4 is 23.0 Å². The molecule has 132 valence electrons. The van der Waals surface area contributed by atoms with Crippen LogP contribution in [0.2, 0.25) is 0 Å². The summed E-state index contributed by atoms with van der Waals surface area (Å²) in [4.78, 5) is 31.3. The summed E-state index contributed by atoms with van der Waals surface area (Å²) in [5.74, 6) is -0.300. The Labute approximate surface area is 145 Å². The second-order valence-corrected chi connectivity index (χ2v) is 6.90. The third-order valence-corrected chi connectivity index (χ3v) is 4.90. The van der Waals surface area contributed by atoms with E-state index in [1.165, 1.54) is 0 Å². The fourth-order valence-electron chi connectivity index (χ4n) is 3.33. The zero-order chi connectivity index (χ0) is 17.6. The molecule has 2 aromatic heterocycles. The number of carbonyl (C=O) groups is 2. The van der Waals surface area contributed by atoms with Crippen LogP contribution in [0.25, 0.3) is 11.1 Å². The van der Waals surface area contributed by atoms with Crippen LogP contribution in [0.1, 0.15) is 60.3 Å². The molecule has 0 aromatic carbocycles. The Morgan fingerprint density at radius 1 is 1.32 bits per heavy atom. The zero-order valence-corrected chi connectivity index (χ0v) is 14.4. The highest BCUT2D eigenvalue weighted by Gasteiger charge is 2.31. The summed E-state index contributed by atoms with van der Waals surface area (Å²) in [5, 5.41) is 4.48. The van der Waals surface area contributed by atoms with Crippen LogP contribution in [0.5, 0.6) is 0 Å². The maximum absolute atomic E-state index is 12.7. The first-order chi connectivity index (χ1) is 12.0. The molecule has 0 N–H and O–H groups in total. The standard InChI is InChI=1S/C18H21N3O4/c1-10-15-13(9-14(12-5-6-12)19-16(15)25-20-10)18(23)24-11(2)17(22)21-7-3-4-8-21/h9,11-12H,3-8H2,1-2H3. The monoisotopic (exact) mass is 343 g/mol. The van der Waals surface area contributed by atoms with Gasteiger partial charge in [0.1, 0.15) is 0 Å². The summed E-state index contributed by atoms with van der Waals surface area (Å²) in [6, 6.07) is 1.76. The molecule has 2 aliphatic rings. The van der Waals surface area contributed by atoms with Crippen LogP contribution < -0.4 is 0 Å². The molecule has 1 aliphatic heterocycles. The van der Waals surface area contributed by atoms with Gasteiger partial charge in [0.15, 0.2) is 6.10 Å². The molecule has 1 atom stereocenters. The van der Waals surface area contributed by atoms with E-state index >= 15 is 0 Å². The number of esters is 1. The summed E-state index contributed by atoms with van der Waals surface area (Å²) in [7, 11) is 0. The first-order valence-corrected chi connectivity index (χ1v) is 8.81. The van der Waals surface area contributed by atoms with Crippen molar-refractivity contribution in [1.82, 2.24) is 15.0 Å². The van der Waals surface area contributed by atoms with Crippen LogP contribution in [0.15, 0.2) is 10.6 Å². The number of rotatable bonds is 4. The van der Waals surface area contributed by atoms with Gasteiger partial charge in [-0.15, -0.1) is 0 Å². The Kier molecular flexibility index (Phi) is 3.94. The number of fused-ring (bicyclic) bond motifs is 1. The molecule has 2 aromatic rings. The summed E-state index contributed by atoms with van der Waals surface area (Å²) in [6.45, 7) is 4.85. The van der Waals surface area contributed by atoms with E-state index in [2.05, 4.69) is 10.1 Å². The van der Waals surface area contributed by atoms with Gasteiger partial charge < -0.3 is 14.2 Å². The third kappa shape index (κ3) is 2.99. The second kappa shape index (κ2) is 6.13. The van der Waals surface area contributed by atoms with E-state index in [9.17, 15) is 9.59 Å². The number of aryl methyl sites for hydroxylation is 1. The minimum absolute atomic E-state index is 0.138. The predicted molar refractivity (Wildman–Crippen MR) is 89.2 cm³/mol. The van der Waals surface area contributed by atoms with Crippen LogP contribution in [-0.2, 0) is 9.53 Å². The molecule has 1 saturated carbocycles. The maximum atomic E-state index is 12.7. The number of likely N-dealkylation sites (tertiary alicyclic amines) is 1. The number of ether oxygens (including phenoxy) is 1. The Morgan fingerprint density at radius 3 is 2.72 bits per heavy atom. The summed E-state index contributed by atoms with van der Waals surface area (Å²) < 4.78 is 10.7. The lowest BCUT2D eigenvalue weighted by Gasteiger charge is -2.20. The number of nitrogens with zero attached hydrogens (tertiary/aromatic N) is 3. The molecule has 1 saturated heterocycles. The van der Waals surface area contributed by atoms with Crippen molar-refractivity contribution < 1.29 is 18.8 Å². The van der Waals surface area contributed by atoms with Gasteiger partial charge in [-0.1, -0.05) is 5.16 Å². The zero-order valence-electron chi connectivity index (χ0n) is 14.4. The topological polar surface area (TPSA) is 85.5 Å². The van der Waals surface area contributed by atoms with Gasteiger partial charge in [-0.2, -0.15) is 0 Å². The molecule has 7 heteroatoms. The van der Waals surface area contributed by atoms with Gasteiger partial charge in [-0.25, -0.2) is 9.78 Å². The van der Waals surface area contributed by atoms with Gasteiger partial charge in [-0.3, -0.25) is 4.79 Å². The van der Waals surface area contributed by atoms with Gasteiger partial charge in [0, 0.05) is 24.7 Å². The number of aromatic nitrogens is 2. The van der Waals surface area contributed by atoms with Crippen LogP contribution >= 0.6 is 0 Å². The van der Waals surface area contributed by atoms with E-state index in [0.717, 1.165) is 44.5 Å². The SMILES string of the molecule is Cc1noc2nc(C3CC3)cc(C(=O)OC(C)C(=O)N3CCCC3)c12. The fourth-order valence-corrected chi connectivity index (χ4v) is 3.33. The van der Waals surface area contributed by atoms with E-state index in [0.29, 0.717) is 28.3 Å². The van der Waals surface area contributed by atoms with Crippen LogP contribution in [-0.4, -0.2) is 46.1 Å². The molecule has 25 heavy (non-hydrogen) atoms. The van der Waals surface area contributed by atoms with Crippen molar-refractivity contribution in [3.63, 3.8) is 0 Å². The van der Waals surface area contributed by atoms with Gasteiger partial charge in [0.2, 0.25) is 0 Å². The van der Waals surface area contributed by atoms with E-state index < -0.39 is 12.1 Å². The van der Waals surface area contributed by atoms with E-state index in [-0.39, 0.29) is 5.91 Å². The number of hydrogen-bond acceptors (Lipinski definition) is 6. The molecule has 3 heterocycles. The number of amides is 1. The van der Waals surface area contributed by atoms with Crippen molar-refractivity contribution in [3.05, 3.63) is 23.0 Å². The molecule has 2 fully saturated rings. The maximum Gasteiger partial charge on any atom is 0.339 e. The second-order valence-electron chi connectivity index (χ2n) is 6.90. The highest BCUT2D eigenvalue weighted by Crippen LogP contribution is 2.40. The van der Waals surface area contributed by atoms with E-state index in [1.54, 1.807) is 24.8 Å². The molecular weight excluding hydrogens is 322 g/mol. The largest absolute Gasteiger partial charge is 0.449 e. The highest BCUT2D eigenvalue weighted by atomic mass is 16.5. The molecule has 0 bridgehead atoms. The quantitative estimate of drug-likeness (QED) is 0.793. The Balaban J connectivity index is 1.60. The van der Waals surface area contributed by atoms with Gasteiger partial charge >= 0.3 is 5.97 Å². The van der Waals surface area contributed by atoms with Crippen molar-refractivity contribution in [3.8, 4) is 0 Å². The lowest BCUT2D eigenvalue weighted by Crippen LogP contribution is -2.38. The highest BCUT2D eigenvalue weighted by molar-refractivity contribution is 6.04. The first kappa shape index (κ1) is 16.1. The number of carbonyl (C=O) groups excluding carboxylic acids is 2. The average Bonchev–Trinajstić information content (AvgIpc) is 3.18. The van der Waals surface area contributed by atoms with Crippen LogP contribution in [0.4, 0.5) is 0 Å². The molecule has 1 amide bonds. The molecule has 1 unspecified atom stereocenters. The Hall–Kier alpha value is -2.44. The normalized spacial score (nSPS) is 18.6. The van der Waals surface area contributed by atoms with Crippen molar-refractivity contribution in [2.24, 2.45) is 0 Å². The number of pyridine rings is 1. The Morgan fingerprint density at radius 2 is 2.04 bits per heavy atom. The minimum atomic E-state index is -0.807. The molecule has 4 rings (SSSR count). The summed E-state index contributed by atoms with van der Waals surface area (Å²) in [6.07, 6.45) is 3.32. The molecule has 0 radical (unpaired) electrons. The van der Waals surface area contributed by atoms with Crippen molar-refractivity contribution in [1.29, 1.82) is 0 Å². The first-order valence-electron chi connectivity index (χ1n) is 8.81. The molecular formula is C18H21N3O4. The third-order valence-electron chi connectivity index (χ3n) is 4.90. The summed E-state index contributed by atoms with van der Waals surface area (Å²) in [5.41, 5.74) is 2.16. The fraction of sp³-hybridized carbons (Fsp3) is 0.556. The van der Waals surface area contributed by atoms with E-state index in [4.69, 9.17) is 9.26 Å². The van der Waals surface area contributed by atoms with Gasteiger partial charge in [0.05, 0.1) is 16.6 Å². The van der Waals surface area contributed by atoms with Crippen molar-refractivity contribution in [2.45, 2.75) is 51.6 Å². The van der Waals surface area contributed by atoms with Crippen LogP contribution in [0, 0.1) is 6.92 Å². The molecule has 0 spiro atoms. The van der Waals surface area contributed by atoms with Gasteiger partial charge in [-0.05, 0) is 45.6 Å².